The number of hydrogen-bond donors (Lipinski definition) is 2. The summed E-state index contributed by atoms with van der Waals surface area (Å²) < 4.78 is 0. The number of nitrogens with one attached hydrogen (secondary N) is 1. The minimum atomic E-state index is 0.598. The van der Waals surface area contributed by atoms with Crippen molar-refractivity contribution in [1.29, 1.82) is 0 Å². The lowest BCUT2D eigenvalue weighted by Crippen LogP contribution is -2.24. The van der Waals surface area contributed by atoms with Crippen molar-refractivity contribution in [2.45, 2.75) is 77.0 Å². The fourth-order valence-corrected chi connectivity index (χ4v) is 5.61. The van der Waals surface area contributed by atoms with Crippen molar-refractivity contribution in [2.24, 2.45) is 11.7 Å². The molecule has 0 radical (unpaired) electrons. The number of anilines is 1. The van der Waals surface area contributed by atoms with E-state index in [1.807, 2.05) is 12.1 Å². The molecule has 3 nitrogen and oxygen atoms in total. The largest absolute Gasteiger partial charge is 0.384 e. The van der Waals surface area contributed by atoms with E-state index in [9.17, 15) is 0 Å². The van der Waals surface area contributed by atoms with Gasteiger partial charge in [0.25, 0.3) is 0 Å². The summed E-state index contributed by atoms with van der Waals surface area (Å²) in [5.74, 6) is 1.24. The highest BCUT2D eigenvalue weighted by Gasteiger charge is 2.33. The highest BCUT2D eigenvalue weighted by molar-refractivity contribution is 6.31. The Morgan fingerprint density at radius 3 is 2.63 bits per heavy atom. The summed E-state index contributed by atoms with van der Waals surface area (Å²) in [4.78, 5) is 5.08. The molecule has 0 saturated heterocycles. The van der Waals surface area contributed by atoms with Crippen LogP contribution in [0.3, 0.4) is 0 Å². The lowest BCUT2D eigenvalue weighted by atomic mass is 9.71. The van der Waals surface area contributed by atoms with Crippen molar-refractivity contribution < 1.29 is 0 Å². The minimum absolute atomic E-state index is 0.598. The molecule has 4 heteroatoms. The van der Waals surface area contributed by atoms with Crippen LogP contribution in [0.5, 0.6) is 0 Å². The van der Waals surface area contributed by atoms with Gasteiger partial charge in [0.2, 0.25) is 0 Å². The summed E-state index contributed by atoms with van der Waals surface area (Å²) in [5, 5.41) is 5.84. The number of allylic oxidation sites excluding steroid dienone is 2. The third kappa shape index (κ3) is 5.00. The van der Waals surface area contributed by atoms with Gasteiger partial charge in [-0.25, -0.2) is 0 Å². The molecule has 30 heavy (non-hydrogen) atoms. The molecule has 0 saturated carbocycles. The van der Waals surface area contributed by atoms with Crippen molar-refractivity contribution in [1.82, 2.24) is 4.98 Å². The van der Waals surface area contributed by atoms with E-state index in [1.54, 1.807) is 5.57 Å². The van der Waals surface area contributed by atoms with Gasteiger partial charge in [-0.2, -0.15) is 0 Å². The number of fused-ring (bicyclic) bond motifs is 5. The molecule has 1 aromatic heterocycles. The van der Waals surface area contributed by atoms with Crippen molar-refractivity contribution in [2.75, 3.05) is 18.4 Å². The molecule has 1 aromatic carbocycles. The summed E-state index contributed by atoms with van der Waals surface area (Å²) in [6, 6.07) is 6.18. The lowest BCUT2D eigenvalue weighted by molar-refractivity contribution is 0.433. The molecule has 3 N–H and O–H groups in total. The maximum Gasteiger partial charge on any atom is 0.0741 e. The average molecular weight is 426 g/mol. The van der Waals surface area contributed by atoms with Crippen LogP contribution >= 0.6 is 11.6 Å². The molecule has 162 valence electrons. The predicted molar refractivity (Wildman–Crippen MR) is 130 cm³/mol. The van der Waals surface area contributed by atoms with Crippen LogP contribution in [0, 0.1) is 5.92 Å². The van der Waals surface area contributed by atoms with Crippen molar-refractivity contribution in [3.63, 3.8) is 0 Å². The summed E-state index contributed by atoms with van der Waals surface area (Å²) >= 11 is 6.30. The molecule has 0 spiro atoms. The summed E-state index contributed by atoms with van der Waals surface area (Å²) in [6.07, 6.45) is 14.9. The molecule has 1 heterocycles. The highest BCUT2D eigenvalue weighted by Crippen LogP contribution is 2.47. The maximum absolute atomic E-state index is 6.30. The standard InChI is InChI=1S/C26H36ClN3/c1-18-13-19-15-20(14-18)25-24(16-19)30-23-17-21(27)9-10-22(23)26(25)29-12-8-6-4-2-3-5-7-11-28/h9-10,13,17,19-20H,2-8,11-12,14-16,28H2,1H3,(H,29,30). The zero-order chi connectivity index (χ0) is 20.9. The van der Waals surface area contributed by atoms with Gasteiger partial charge in [0.1, 0.15) is 0 Å². The average Bonchev–Trinajstić information content (AvgIpc) is 2.71. The Labute approximate surface area is 186 Å². The van der Waals surface area contributed by atoms with Crippen molar-refractivity contribution in [3.8, 4) is 0 Å². The first-order chi connectivity index (χ1) is 14.7. The lowest BCUT2D eigenvalue weighted by Gasteiger charge is -2.36. The second-order valence-electron chi connectivity index (χ2n) is 9.31. The third-order valence-electron chi connectivity index (χ3n) is 6.79. The van der Waals surface area contributed by atoms with Crippen LogP contribution in [0.1, 0.15) is 81.9 Å². The Kier molecular flexibility index (Phi) is 7.32. The SMILES string of the molecule is CC1=CC2Cc3nc4cc(Cl)ccc4c(NCCCCCCCCCN)c3C(C1)C2. The first-order valence-corrected chi connectivity index (χ1v) is 12.3. The van der Waals surface area contributed by atoms with Gasteiger partial charge in [-0.1, -0.05) is 55.4 Å². The number of hydrogen-bond acceptors (Lipinski definition) is 3. The third-order valence-corrected chi connectivity index (χ3v) is 7.02. The Bertz CT molecular complexity index is 905. The fraction of sp³-hybridized carbons (Fsp3) is 0.577. The Morgan fingerprint density at radius 2 is 1.83 bits per heavy atom. The zero-order valence-electron chi connectivity index (χ0n) is 18.4. The van der Waals surface area contributed by atoms with E-state index in [4.69, 9.17) is 22.3 Å². The van der Waals surface area contributed by atoms with Crippen LogP contribution in [-0.2, 0) is 6.42 Å². The van der Waals surface area contributed by atoms with E-state index in [2.05, 4.69) is 24.4 Å². The Balaban J connectivity index is 1.47. The summed E-state index contributed by atoms with van der Waals surface area (Å²) in [5.41, 5.74) is 12.2. The Morgan fingerprint density at radius 1 is 1.07 bits per heavy atom. The molecule has 2 bridgehead atoms. The Hall–Kier alpha value is -1.58. The van der Waals surface area contributed by atoms with E-state index in [0.717, 1.165) is 30.0 Å². The normalized spacial score (nSPS) is 20.2. The smallest absolute Gasteiger partial charge is 0.0741 e. The van der Waals surface area contributed by atoms with E-state index in [0.29, 0.717) is 11.8 Å². The minimum Gasteiger partial charge on any atom is -0.384 e. The number of rotatable bonds is 10. The van der Waals surface area contributed by atoms with E-state index in [1.165, 1.54) is 80.1 Å². The van der Waals surface area contributed by atoms with Crippen LogP contribution in [-0.4, -0.2) is 18.1 Å². The number of nitrogens with zero attached hydrogens (tertiary/aromatic N) is 1. The predicted octanol–water partition coefficient (Wildman–Crippen LogP) is 6.99. The van der Waals surface area contributed by atoms with Gasteiger partial charge in [0, 0.05) is 33.9 Å². The molecule has 0 fully saturated rings. The number of halogens is 1. The number of unbranched alkanes of at least 4 members (excludes halogenated alkanes) is 6. The zero-order valence-corrected chi connectivity index (χ0v) is 19.1. The number of nitrogens with two attached hydrogens (primary N) is 1. The van der Waals surface area contributed by atoms with Gasteiger partial charge in [0.05, 0.1) is 5.52 Å². The van der Waals surface area contributed by atoms with Crippen LogP contribution in [0.4, 0.5) is 5.69 Å². The quantitative estimate of drug-likeness (QED) is 0.318. The fourth-order valence-electron chi connectivity index (χ4n) is 5.44. The number of aromatic nitrogens is 1. The van der Waals surface area contributed by atoms with Crippen LogP contribution < -0.4 is 11.1 Å². The first-order valence-electron chi connectivity index (χ1n) is 11.9. The van der Waals surface area contributed by atoms with Crippen molar-refractivity contribution >= 4 is 28.2 Å². The highest BCUT2D eigenvalue weighted by atomic mass is 35.5. The van der Waals surface area contributed by atoms with Gasteiger partial charge in [-0.15, -0.1) is 0 Å². The first kappa shape index (κ1) is 21.6. The molecule has 0 amide bonds. The molecule has 2 aromatic rings. The second kappa shape index (κ2) is 10.2. The van der Waals surface area contributed by atoms with Gasteiger partial charge in [-0.3, -0.25) is 4.98 Å². The molecule has 0 aliphatic heterocycles. The molecular formula is C26H36ClN3. The number of benzene rings is 1. The van der Waals surface area contributed by atoms with Crippen LogP contribution in [0.2, 0.25) is 5.02 Å². The van der Waals surface area contributed by atoms with Gasteiger partial charge < -0.3 is 11.1 Å². The van der Waals surface area contributed by atoms with Gasteiger partial charge in [0.15, 0.2) is 0 Å². The van der Waals surface area contributed by atoms with E-state index < -0.39 is 0 Å². The van der Waals surface area contributed by atoms with Gasteiger partial charge >= 0.3 is 0 Å². The van der Waals surface area contributed by atoms with Crippen LogP contribution in [0.15, 0.2) is 29.8 Å². The molecule has 4 rings (SSSR count). The molecule has 2 unspecified atom stereocenters. The number of pyridine rings is 1. The van der Waals surface area contributed by atoms with Gasteiger partial charge in [-0.05, 0) is 75.6 Å². The van der Waals surface area contributed by atoms with Crippen molar-refractivity contribution in [3.05, 3.63) is 46.1 Å². The maximum atomic E-state index is 6.30. The molecule has 2 aliphatic carbocycles. The van der Waals surface area contributed by atoms with E-state index in [-0.39, 0.29) is 0 Å². The van der Waals surface area contributed by atoms with E-state index >= 15 is 0 Å². The summed E-state index contributed by atoms with van der Waals surface area (Å²) in [6.45, 7) is 4.15. The van der Waals surface area contributed by atoms with Crippen LogP contribution in [0.25, 0.3) is 10.9 Å². The second-order valence-corrected chi connectivity index (χ2v) is 9.75. The summed E-state index contributed by atoms with van der Waals surface area (Å²) in [7, 11) is 0. The molecule has 2 aliphatic rings. The molecular weight excluding hydrogens is 390 g/mol. The monoisotopic (exact) mass is 425 g/mol. The topological polar surface area (TPSA) is 50.9 Å². The molecule has 2 atom stereocenters.